The van der Waals surface area contributed by atoms with Crippen molar-refractivity contribution in [1.29, 1.82) is 0 Å². The van der Waals surface area contributed by atoms with Crippen LogP contribution < -0.4 is 16.0 Å². The van der Waals surface area contributed by atoms with Crippen LogP contribution >= 0.6 is 15.9 Å². The van der Waals surface area contributed by atoms with E-state index in [0.717, 1.165) is 15.6 Å². The highest BCUT2D eigenvalue weighted by atomic mass is 79.9. The Balaban J connectivity index is 1.45. The third kappa shape index (κ3) is 5.92. The van der Waals surface area contributed by atoms with Crippen molar-refractivity contribution in [3.63, 3.8) is 0 Å². The van der Waals surface area contributed by atoms with E-state index in [0.29, 0.717) is 24.3 Å². The predicted molar refractivity (Wildman–Crippen MR) is 112 cm³/mol. The van der Waals surface area contributed by atoms with Gasteiger partial charge in [-0.2, -0.15) is 0 Å². The molecule has 0 atom stereocenters. The number of pyridine rings is 1. The smallest absolute Gasteiger partial charge is 0.315 e. The number of amides is 3. The Morgan fingerprint density at radius 3 is 2.21 bits per heavy atom. The zero-order valence-electron chi connectivity index (χ0n) is 15.0. The number of hydrogen-bond donors (Lipinski definition) is 3. The van der Waals surface area contributed by atoms with Gasteiger partial charge in [-0.25, -0.2) is 4.79 Å². The lowest BCUT2D eigenvalue weighted by molar-refractivity contribution is 0.102. The number of hydrogen-bond acceptors (Lipinski definition) is 3. The summed E-state index contributed by atoms with van der Waals surface area (Å²) in [6.07, 6.45) is 3.15. The molecule has 0 radical (unpaired) electrons. The summed E-state index contributed by atoms with van der Waals surface area (Å²) in [4.78, 5) is 28.0. The zero-order valence-corrected chi connectivity index (χ0v) is 16.6. The Bertz CT molecular complexity index is 946. The van der Waals surface area contributed by atoms with Gasteiger partial charge in [0.15, 0.2) is 0 Å². The molecule has 2 aromatic carbocycles. The number of halogens is 1. The zero-order chi connectivity index (χ0) is 19.8. The van der Waals surface area contributed by atoms with E-state index >= 15 is 0 Å². The van der Waals surface area contributed by atoms with Crippen LogP contribution in [0.15, 0.2) is 77.5 Å². The monoisotopic (exact) mass is 438 g/mol. The molecule has 28 heavy (non-hydrogen) atoms. The largest absolute Gasteiger partial charge is 0.334 e. The summed E-state index contributed by atoms with van der Waals surface area (Å²) in [5.74, 6) is -0.194. The molecule has 3 N–H and O–H groups in total. The van der Waals surface area contributed by atoms with Crippen LogP contribution in [0.4, 0.5) is 10.5 Å². The maximum absolute atomic E-state index is 12.1. The molecule has 0 bridgehead atoms. The summed E-state index contributed by atoms with van der Waals surface area (Å²) in [7, 11) is 0. The van der Waals surface area contributed by atoms with Crippen molar-refractivity contribution in [2.24, 2.45) is 0 Å². The maximum Gasteiger partial charge on any atom is 0.315 e. The van der Waals surface area contributed by atoms with Gasteiger partial charge in [-0.3, -0.25) is 9.78 Å². The summed E-state index contributed by atoms with van der Waals surface area (Å²) in [5, 5.41) is 8.46. The maximum atomic E-state index is 12.1. The first kappa shape index (κ1) is 19.6. The standard InChI is InChI=1S/C21H19BrN4O2/c22-18-3-1-2-16(12-18)14-25-21(28)24-13-15-4-6-19(7-5-15)26-20(27)17-8-10-23-11-9-17/h1-12H,13-14H2,(H,26,27)(H2,24,25,28). The van der Waals surface area contributed by atoms with Crippen molar-refractivity contribution in [2.75, 3.05) is 5.32 Å². The van der Waals surface area contributed by atoms with Gasteiger partial charge in [0.1, 0.15) is 0 Å². The minimum atomic E-state index is -0.241. The Morgan fingerprint density at radius 2 is 1.54 bits per heavy atom. The van der Waals surface area contributed by atoms with Crippen LogP contribution in [0.2, 0.25) is 0 Å². The molecule has 0 aliphatic rings. The first-order valence-corrected chi connectivity index (χ1v) is 9.46. The number of anilines is 1. The van der Waals surface area contributed by atoms with Gasteiger partial charge in [0.05, 0.1) is 0 Å². The summed E-state index contributed by atoms with van der Waals surface area (Å²) in [6.45, 7) is 0.841. The molecular formula is C21H19BrN4O2. The summed E-state index contributed by atoms with van der Waals surface area (Å²) >= 11 is 3.41. The van der Waals surface area contributed by atoms with E-state index in [9.17, 15) is 9.59 Å². The fourth-order valence-electron chi connectivity index (χ4n) is 2.49. The summed E-state index contributed by atoms with van der Waals surface area (Å²) < 4.78 is 0.975. The predicted octanol–water partition coefficient (Wildman–Crippen LogP) is 4.10. The number of nitrogens with one attached hydrogen (secondary N) is 3. The minimum absolute atomic E-state index is 0.194. The fourth-order valence-corrected chi connectivity index (χ4v) is 2.93. The van der Waals surface area contributed by atoms with Crippen molar-refractivity contribution >= 4 is 33.6 Å². The normalized spacial score (nSPS) is 10.2. The fraction of sp³-hybridized carbons (Fsp3) is 0.0952. The van der Waals surface area contributed by atoms with E-state index in [-0.39, 0.29) is 11.9 Å². The van der Waals surface area contributed by atoms with Crippen LogP contribution in [0, 0.1) is 0 Å². The second-order valence-electron chi connectivity index (χ2n) is 6.05. The van der Waals surface area contributed by atoms with E-state index < -0.39 is 0 Å². The van der Waals surface area contributed by atoms with Gasteiger partial charge in [0, 0.05) is 41.2 Å². The number of urea groups is 1. The van der Waals surface area contributed by atoms with Crippen LogP contribution in [0.1, 0.15) is 21.5 Å². The van der Waals surface area contributed by atoms with E-state index in [2.05, 4.69) is 36.9 Å². The van der Waals surface area contributed by atoms with Crippen LogP contribution in [-0.2, 0) is 13.1 Å². The Kier molecular flexibility index (Phi) is 6.75. The van der Waals surface area contributed by atoms with Crippen molar-refractivity contribution in [3.8, 4) is 0 Å². The number of carbonyl (C=O) groups is 2. The van der Waals surface area contributed by atoms with E-state index in [1.807, 2.05) is 36.4 Å². The van der Waals surface area contributed by atoms with Crippen molar-refractivity contribution < 1.29 is 9.59 Å². The second-order valence-corrected chi connectivity index (χ2v) is 6.97. The summed E-state index contributed by atoms with van der Waals surface area (Å²) in [5.41, 5.74) is 3.17. The molecule has 142 valence electrons. The van der Waals surface area contributed by atoms with Crippen LogP contribution in [-0.4, -0.2) is 16.9 Å². The van der Waals surface area contributed by atoms with Gasteiger partial charge >= 0.3 is 6.03 Å². The van der Waals surface area contributed by atoms with Gasteiger partial charge < -0.3 is 16.0 Å². The highest BCUT2D eigenvalue weighted by Crippen LogP contribution is 2.12. The third-order valence-corrected chi connectivity index (χ3v) is 4.44. The van der Waals surface area contributed by atoms with Gasteiger partial charge in [-0.15, -0.1) is 0 Å². The van der Waals surface area contributed by atoms with Crippen LogP contribution in [0.5, 0.6) is 0 Å². The molecule has 3 aromatic rings. The Hall–Kier alpha value is -3.19. The molecule has 7 heteroatoms. The topological polar surface area (TPSA) is 83.1 Å². The Morgan fingerprint density at radius 1 is 0.857 bits per heavy atom. The van der Waals surface area contributed by atoms with Crippen molar-refractivity contribution in [2.45, 2.75) is 13.1 Å². The quantitative estimate of drug-likeness (QED) is 0.541. The highest BCUT2D eigenvalue weighted by Gasteiger charge is 2.06. The molecule has 1 aromatic heterocycles. The molecule has 1 heterocycles. The molecule has 3 rings (SSSR count). The average molecular weight is 439 g/mol. The molecule has 0 aliphatic heterocycles. The van der Waals surface area contributed by atoms with Crippen molar-refractivity contribution in [3.05, 3.63) is 94.2 Å². The van der Waals surface area contributed by atoms with Crippen LogP contribution in [0.25, 0.3) is 0 Å². The minimum Gasteiger partial charge on any atom is -0.334 e. The molecule has 0 spiro atoms. The number of aromatic nitrogens is 1. The van der Waals surface area contributed by atoms with Gasteiger partial charge in [0.25, 0.3) is 5.91 Å². The van der Waals surface area contributed by atoms with Crippen LogP contribution in [0.3, 0.4) is 0 Å². The van der Waals surface area contributed by atoms with Crippen molar-refractivity contribution in [1.82, 2.24) is 15.6 Å². The molecule has 0 unspecified atom stereocenters. The number of rotatable bonds is 6. The lowest BCUT2D eigenvalue weighted by Crippen LogP contribution is -2.34. The molecule has 0 fully saturated rings. The molecule has 3 amide bonds. The van der Waals surface area contributed by atoms with E-state index in [1.54, 1.807) is 36.7 Å². The van der Waals surface area contributed by atoms with E-state index in [4.69, 9.17) is 0 Å². The first-order valence-electron chi connectivity index (χ1n) is 8.66. The molecule has 0 aliphatic carbocycles. The number of carbonyl (C=O) groups excluding carboxylic acids is 2. The van der Waals surface area contributed by atoms with Gasteiger partial charge in [-0.05, 0) is 47.5 Å². The van der Waals surface area contributed by atoms with Gasteiger partial charge in [-0.1, -0.05) is 40.2 Å². The van der Waals surface area contributed by atoms with Gasteiger partial charge in [0.2, 0.25) is 0 Å². The van der Waals surface area contributed by atoms with E-state index in [1.165, 1.54) is 0 Å². The molecular weight excluding hydrogens is 420 g/mol. The SMILES string of the molecule is O=C(NCc1ccc(NC(=O)c2ccncc2)cc1)NCc1cccc(Br)c1. The second kappa shape index (κ2) is 9.66. The average Bonchev–Trinajstić information content (AvgIpc) is 2.72. The Labute approximate surface area is 171 Å². The number of benzene rings is 2. The molecule has 6 nitrogen and oxygen atoms in total. The lowest BCUT2D eigenvalue weighted by Gasteiger charge is -2.09. The molecule has 0 saturated heterocycles. The molecule has 0 saturated carbocycles. The third-order valence-electron chi connectivity index (χ3n) is 3.95. The first-order chi connectivity index (χ1) is 13.6. The summed E-state index contributed by atoms with van der Waals surface area (Å²) in [6, 6.07) is 18.2. The number of nitrogens with zero attached hydrogens (tertiary/aromatic N) is 1. The lowest BCUT2D eigenvalue weighted by atomic mass is 10.2. The highest BCUT2D eigenvalue weighted by molar-refractivity contribution is 9.10.